The molecule has 0 amide bonds. The zero-order chi connectivity index (χ0) is 37.5. The summed E-state index contributed by atoms with van der Waals surface area (Å²) in [6, 6.07) is 78.2. The molecule has 0 spiro atoms. The van der Waals surface area contributed by atoms with Crippen LogP contribution in [0.5, 0.6) is 0 Å². The van der Waals surface area contributed by atoms with Crippen LogP contribution in [-0.4, -0.2) is 4.57 Å². The Labute approximate surface area is 330 Å². The second-order valence-electron chi connectivity index (χ2n) is 15.2. The largest absolute Gasteiger partial charge is 0.309 e. The van der Waals surface area contributed by atoms with Crippen LogP contribution in [0.1, 0.15) is 0 Å². The molecule has 0 bridgehead atoms. The molecule has 0 unspecified atom stereocenters. The van der Waals surface area contributed by atoms with Gasteiger partial charge in [-0.1, -0.05) is 170 Å². The van der Waals surface area contributed by atoms with Gasteiger partial charge in [-0.3, -0.25) is 0 Å². The van der Waals surface area contributed by atoms with Crippen molar-refractivity contribution in [2.24, 2.45) is 0 Å². The Bertz CT molecular complexity index is 3540. The van der Waals surface area contributed by atoms with Gasteiger partial charge < -0.3 is 4.57 Å². The standard InChI is InChI=1S/C56H35N/c1-3-13-36(14-4-1)39-27-30-48-50(33-39)43-17-7-9-20-46(43)56-49-31-28-40(34-51(49)44-18-8-10-21-47(44)55(48)56)37-23-25-38(26-24-37)41-29-32-54-52(35-41)45-19-11-12-22-53(45)57(54)42-15-5-2-6-16-42/h1-35H. The Balaban J connectivity index is 1.00. The van der Waals surface area contributed by atoms with Gasteiger partial charge in [0.15, 0.2) is 0 Å². The summed E-state index contributed by atoms with van der Waals surface area (Å²) in [7, 11) is 0. The van der Waals surface area contributed by atoms with Gasteiger partial charge >= 0.3 is 0 Å². The molecular weight excluding hydrogens is 687 g/mol. The summed E-state index contributed by atoms with van der Waals surface area (Å²) in [6.45, 7) is 0. The van der Waals surface area contributed by atoms with Crippen molar-refractivity contribution in [3.8, 4) is 39.1 Å². The average molecular weight is 722 g/mol. The number of benzene rings is 11. The fraction of sp³-hybridized carbons (Fsp3) is 0. The number of nitrogens with zero attached hydrogens (tertiary/aromatic N) is 1. The summed E-state index contributed by atoms with van der Waals surface area (Å²) in [5.41, 5.74) is 11.0. The van der Waals surface area contributed by atoms with Crippen molar-refractivity contribution in [3.05, 3.63) is 212 Å². The molecule has 1 aromatic heterocycles. The maximum atomic E-state index is 2.41. The zero-order valence-electron chi connectivity index (χ0n) is 31.2. The van der Waals surface area contributed by atoms with Crippen LogP contribution in [0.3, 0.4) is 0 Å². The molecule has 0 saturated heterocycles. The van der Waals surface area contributed by atoms with Crippen molar-refractivity contribution >= 4 is 75.7 Å². The summed E-state index contributed by atoms with van der Waals surface area (Å²) < 4.78 is 2.37. The Morgan fingerprint density at radius 3 is 1.14 bits per heavy atom. The summed E-state index contributed by atoms with van der Waals surface area (Å²) in [4.78, 5) is 0. The van der Waals surface area contributed by atoms with E-state index in [0.29, 0.717) is 0 Å². The first-order valence-corrected chi connectivity index (χ1v) is 19.8. The minimum atomic E-state index is 1.18. The Morgan fingerprint density at radius 1 is 0.211 bits per heavy atom. The molecule has 57 heavy (non-hydrogen) atoms. The lowest BCUT2D eigenvalue weighted by Gasteiger charge is -2.18. The van der Waals surface area contributed by atoms with Gasteiger partial charge in [0.25, 0.3) is 0 Å². The normalized spacial score (nSPS) is 11.9. The highest BCUT2D eigenvalue weighted by molar-refractivity contribution is 6.39. The van der Waals surface area contributed by atoms with Crippen molar-refractivity contribution in [1.82, 2.24) is 4.57 Å². The van der Waals surface area contributed by atoms with Gasteiger partial charge in [-0.05, 0) is 130 Å². The van der Waals surface area contributed by atoms with Crippen LogP contribution in [0.4, 0.5) is 0 Å². The molecule has 0 fully saturated rings. The van der Waals surface area contributed by atoms with E-state index in [-0.39, 0.29) is 0 Å². The third-order valence-corrected chi connectivity index (χ3v) is 12.1. The minimum Gasteiger partial charge on any atom is -0.309 e. The van der Waals surface area contributed by atoms with E-state index in [9.17, 15) is 0 Å². The van der Waals surface area contributed by atoms with Crippen LogP contribution >= 0.6 is 0 Å². The topological polar surface area (TPSA) is 4.93 Å². The molecule has 0 aliphatic carbocycles. The maximum absolute atomic E-state index is 2.41. The number of fused-ring (bicyclic) bond motifs is 14. The fourth-order valence-corrected chi connectivity index (χ4v) is 9.52. The number of aromatic nitrogens is 1. The molecule has 12 rings (SSSR count). The van der Waals surface area contributed by atoms with Crippen molar-refractivity contribution in [2.75, 3.05) is 0 Å². The van der Waals surface area contributed by atoms with Crippen molar-refractivity contribution in [2.45, 2.75) is 0 Å². The molecule has 11 aromatic carbocycles. The molecule has 1 heterocycles. The van der Waals surface area contributed by atoms with Gasteiger partial charge in [0.05, 0.1) is 11.0 Å². The molecule has 12 aromatic rings. The van der Waals surface area contributed by atoms with Crippen LogP contribution in [0.25, 0.3) is 115 Å². The van der Waals surface area contributed by atoms with E-state index in [0.717, 1.165) is 0 Å². The first-order chi connectivity index (χ1) is 28.3. The van der Waals surface area contributed by atoms with Gasteiger partial charge in [-0.15, -0.1) is 0 Å². The molecule has 0 aliphatic heterocycles. The van der Waals surface area contributed by atoms with Crippen LogP contribution in [0.2, 0.25) is 0 Å². The highest BCUT2D eigenvalue weighted by Crippen LogP contribution is 2.45. The summed E-state index contributed by atoms with van der Waals surface area (Å²) in [5.74, 6) is 0. The van der Waals surface area contributed by atoms with Crippen LogP contribution in [-0.2, 0) is 0 Å². The first-order valence-electron chi connectivity index (χ1n) is 19.8. The van der Waals surface area contributed by atoms with E-state index < -0.39 is 0 Å². The number of hydrogen-bond acceptors (Lipinski definition) is 0. The molecule has 0 atom stereocenters. The van der Waals surface area contributed by atoms with E-state index in [2.05, 4.69) is 217 Å². The second-order valence-corrected chi connectivity index (χ2v) is 15.2. The molecule has 264 valence electrons. The Hall–Kier alpha value is -7.48. The van der Waals surface area contributed by atoms with Gasteiger partial charge in [0, 0.05) is 16.5 Å². The van der Waals surface area contributed by atoms with E-state index in [4.69, 9.17) is 0 Å². The average Bonchev–Trinajstić information content (AvgIpc) is 3.63. The molecule has 0 N–H and O–H groups in total. The third-order valence-electron chi connectivity index (χ3n) is 12.1. The fourth-order valence-electron chi connectivity index (χ4n) is 9.52. The molecule has 1 heteroatoms. The van der Waals surface area contributed by atoms with E-state index in [1.807, 2.05) is 0 Å². The quantitative estimate of drug-likeness (QED) is 0.160. The van der Waals surface area contributed by atoms with E-state index in [1.165, 1.54) is 115 Å². The highest BCUT2D eigenvalue weighted by Gasteiger charge is 2.18. The van der Waals surface area contributed by atoms with Crippen LogP contribution < -0.4 is 0 Å². The predicted molar refractivity (Wildman–Crippen MR) is 245 cm³/mol. The van der Waals surface area contributed by atoms with Gasteiger partial charge in [-0.2, -0.15) is 0 Å². The van der Waals surface area contributed by atoms with Gasteiger partial charge in [0.2, 0.25) is 0 Å². The lowest BCUT2D eigenvalue weighted by Crippen LogP contribution is -1.92. The predicted octanol–water partition coefficient (Wildman–Crippen LogP) is 15.6. The lowest BCUT2D eigenvalue weighted by molar-refractivity contribution is 1.18. The van der Waals surface area contributed by atoms with Crippen molar-refractivity contribution in [3.63, 3.8) is 0 Å². The molecular formula is C56H35N. The molecule has 0 radical (unpaired) electrons. The Kier molecular flexibility index (Phi) is 7.00. The van der Waals surface area contributed by atoms with Crippen molar-refractivity contribution in [1.29, 1.82) is 0 Å². The van der Waals surface area contributed by atoms with Gasteiger partial charge in [-0.25, -0.2) is 0 Å². The van der Waals surface area contributed by atoms with Gasteiger partial charge in [0.1, 0.15) is 0 Å². The van der Waals surface area contributed by atoms with Crippen LogP contribution in [0.15, 0.2) is 212 Å². The van der Waals surface area contributed by atoms with Crippen LogP contribution in [0, 0.1) is 0 Å². The monoisotopic (exact) mass is 721 g/mol. The summed E-state index contributed by atoms with van der Waals surface area (Å²) in [5, 5.41) is 15.5. The van der Waals surface area contributed by atoms with E-state index >= 15 is 0 Å². The summed E-state index contributed by atoms with van der Waals surface area (Å²) in [6.07, 6.45) is 0. The van der Waals surface area contributed by atoms with Crippen molar-refractivity contribution < 1.29 is 0 Å². The highest BCUT2D eigenvalue weighted by atomic mass is 15.0. The maximum Gasteiger partial charge on any atom is 0.0541 e. The second kappa shape index (κ2) is 12.5. The minimum absolute atomic E-state index is 1.18. The first kappa shape index (κ1) is 31.8. The smallest absolute Gasteiger partial charge is 0.0541 e. The summed E-state index contributed by atoms with van der Waals surface area (Å²) >= 11 is 0. The zero-order valence-corrected chi connectivity index (χ0v) is 31.2. The molecule has 0 aliphatic rings. The lowest BCUT2D eigenvalue weighted by atomic mass is 9.85. The Morgan fingerprint density at radius 2 is 0.579 bits per heavy atom. The molecule has 1 nitrogen and oxygen atoms in total. The number of hydrogen-bond donors (Lipinski definition) is 0. The SMILES string of the molecule is c1ccc(-c2ccc3c(c2)c2ccccc2c2c4ccc(-c5ccc(-c6ccc7c(c6)c6ccccc6n7-c6ccccc6)cc5)cc4c4ccccc4c32)cc1. The third kappa shape index (κ3) is 4.89. The molecule has 0 saturated carbocycles. The van der Waals surface area contributed by atoms with E-state index in [1.54, 1.807) is 0 Å². The number of para-hydroxylation sites is 2. The number of rotatable bonds is 4.